The molecule has 12 rings (SSSR count). The molecule has 4 aromatic heterocycles. The summed E-state index contributed by atoms with van der Waals surface area (Å²) in [6, 6.07) is 64.4. The highest BCUT2D eigenvalue weighted by molar-refractivity contribution is 14.1. The van der Waals surface area contributed by atoms with Crippen LogP contribution in [0.5, 0.6) is 46.0 Å². The summed E-state index contributed by atoms with van der Waals surface area (Å²) in [6.45, 7) is 28.8. The minimum absolute atomic E-state index is 0.122. The molecule has 0 aliphatic carbocycles. The quantitative estimate of drug-likeness (QED) is 0.0130. The standard InChI is InChI=1S/4C25H31ClIN3O4/c4*1-17(12-26)15-33-21-8-4-18(5-9-21)25(2,3)19-6-10-22(11-7-19)34-16-20(32)13-30-24(27)23(14-31)28-29-30/h4*4-11,17,20,31-32H,12-16H2,1-3H3/t2*17-,20+;2*17-,20-/m1010/s1/i4*27-4. The van der Waals surface area contributed by atoms with E-state index in [1.165, 1.54) is 22.3 Å². The number of hydrogen-bond donors (Lipinski definition) is 8. The predicted octanol–water partition coefficient (Wildman–Crippen LogP) is 17.6. The molecule has 0 saturated carbocycles. The SMILES string of the molecule is C[C@@H](CCl)COc1ccc(C(C)(C)c2ccc(OC[C@@H](O)Cn3nnc(CO)c3[123I])cc2)cc1.C[C@@H](CCl)COc1ccc(C(C)(C)c2ccc(OC[C@H](O)Cn3nnc(CO)c3[123I])cc2)cc1.C[C@H](CCl)COc1ccc(C(C)(C)c2ccc(OC[C@@H](O)Cn3nnc(CO)c3[123I])cc2)cc1.C[C@H](CCl)COc1ccc(C(C)(C)c2ccc(OC[C@H](O)Cn3nnc(CO)c3[123I])cc2)cc1. The lowest BCUT2D eigenvalue weighted by atomic mass is 9.78. The summed E-state index contributed by atoms with van der Waals surface area (Å²) >= 11 is 31.6. The van der Waals surface area contributed by atoms with Crippen LogP contribution in [0.2, 0.25) is 0 Å². The number of aromatic nitrogens is 12. The lowest BCUT2D eigenvalue weighted by molar-refractivity contribution is 0.0880. The molecule has 4 heterocycles. The number of hydrogen-bond acceptors (Lipinski definition) is 24. The topological polar surface area (TPSA) is 359 Å². The van der Waals surface area contributed by atoms with E-state index in [1.54, 1.807) is 18.7 Å². The molecule has 0 bridgehead atoms. The molecule has 0 radical (unpaired) electrons. The number of halogens is 8. The van der Waals surface area contributed by atoms with Crippen molar-refractivity contribution in [1.29, 1.82) is 0 Å². The maximum atomic E-state index is 10.3. The van der Waals surface area contributed by atoms with Crippen molar-refractivity contribution >= 4 is 137 Å². The molecule has 0 aliphatic heterocycles. The van der Waals surface area contributed by atoms with E-state index in [0.29, 0.717) is 134 Å². The predicted molar refractivity (Wildman–Crippen MR) is 562 cm³/mol. The van der Waals surface area contributed by atoms with E-state index in [9.17, 15) is 40.9 Å². The molecule has 8 N–H and O–H groups in total. The first-order chi connectivity index (χ1) is 65.0. The maximum absolute atomic E-state index is 10.3. The lowest BCUT2D eigenvalue weighted by Gasteiger charge is -2.26. The van der Waals surface area contributed by atoms with Gasteiger partial charge in [0.05, 0.1) is 79.0 Å². The first kappa shape index (κ1) is 112. The highest BCUT2D eigenvalue weighted by Gasteiger charge is 2.30. The summed E-state index contributed by atoms with van der Waals surface area (Å²) < 4.78 is 55.3. The van der Waals surface area contributed by atoms with Crippen molar-refractivity contribution in [1.82, 2.24) is 60.0 Å². The third-order valence-corrected chi connectivity index (χ3v) is 29.5. The van der Waals surface area contributed by atoms with Crippen molar-refractivity contribution in [2.75, 3.05) is 76.4 Å². The van der Waals surface area contributed by atoms with E-state index in [0.717, 1.165) is 45.3 Å². The number of nitrogens with zero attached hydrogens (tertiary/aromatic N) is 12. The Balaban J connectivity index is 0.000000203. The van der Waals surface area contributed by atoms with E-state index >= 15 is 0 Å². The van der Waals surface area contributed by atoms with Gasteiger partial charge in [-0.15, -0.1) is 66.8 Å². The van der Waals surface area contributed by atoms with Crippen molar-refractivity contribution in [2.24, 2.45) is 23.7 Å². The Morgan fingerprint density at radius 1 is 0.250 bits per heavy atom. The Morgan fingerprint density at radius 2 is 0.382 bits per heavy atom. The van der Waals surface area contributed by atoms with Gasteiger partial charge in [0.1, 0.15) is 134 Å². The number of aliphatic hydroxyl groups excluding tert-OH is 8. The fourth-order valence-corrected chi connectivity index (χ4v) is 16.2. The van der Waals surface area contributed by atoms with Crippen LogP contribution in [-0.4, -0.2) is 202 Å². The maximum Gasteiger partial charge on any atom is 0.125 e. The molecule has 0 saturated heterocycles. The van der Waals surface area contributed by atoms with Crippen molar-refractivity contribution in [3.05, 3.63) is 276 Å². The molecule has 8 aromatic carbocycles. The fraction of sp³-hybridized carbons (Fsp3) is 0.440. The first-order valence-electron chi connectivity index (χ1n) is 44.5. The van der Waals surface area contributed by atoms with Crippen LogP contribution in [0.4, 0.5) is 0 Å². The van der Waals surface area contributed by atoms with Gasteiger partial charge in [-0.2, -0.15) is 0 Å². The molecular weight excluding hydrogens is 2260 g/mol. The van der Waals surface area contributed by atoms with Crippen molar-refractivity contribution in [3.63, 3.8) is 0 Å². The Kier molecular flexibility index (Phi) is 45.4. The molecule has 0 fully saturated rings. The van der Waals surface area contributed by atoms with Crippen LogP contribution in [0.3, 0.4) is 0 Å². The van der Waals surface area contributed by atoms with Crippen LogP contribution in [-0.2, 0) is 74.3 Å². The van der Waals surface area contributed by atoms with E-state index in [-0.39, 0.29) is 101 Å². The van der Waals surface area contributed by atoms with Gasteiger partial charge >= 0.3 is 0 Å². The second kappa shape index (κ2) is 55.0. The zero-order valence-electron chi connectivity index (χ0n) is 78.5. The van der Waals surface area contributed by atoms with Gasteiger partial charge in [0.15, 0.2) is 0 Å². The van der Waals surface area contributed by atoms with E-state index in [4.69, 9.17) is 84.3 Å². The Hall–Kier alpha value is -7.52. The number of benzene rings is 8. The second-order valence-electron chi connectivity index (χ2n) is 35.5. The molecule has 0 unspecified atom stereocenters. The molecule has 28 nitrogen and oxygen atoms in total. The van der Waals surface area contributed by atoms with Gasteiger partial charge < -0.3 is 78.7 Å². The van der Waals surface area contributed by atoms with Crippen molar-refractivity contribution in [3.8, 4) is 46.0 Å². The van der Waals surface area contributed by atoms with Crippen LogP contribution in [0.1, 0.15) is 150 Å². The van der Waals surface area contributed by atoms with Crippen LogP contribution >= 0.6 is 137 Å². The molecule has 736 valence electrons. The molecule has 12 aromatic rings. The molecule has 0 spiro atoms. The highest BCUT2D eigenvalue weighted by atomic mass is 123. The average molecular weight is 2380 g/mol. The normalized spacial score (nSPS) is 13.5. The number of aliphatic hydroxyl groups is 8. The molecule has 36 heteroatoms. The molecule has 8 atom stereocenters. The minimum Gasteiger partial charge on any atom is -0.493 e. The van der Waals surface area contributed by atoms with Crippen molar-refractivity contribution < 1.29 is 78.7 Å². The molecule has 0 amide bonds. The second-order valence-corrected chi connectivity index (χ2v) is 40.8. The summed E-state index contributed by atoms with van der Waals surface area (Å²) in [5.74, 6) is 9.64. The van der Waals surface area contributed by atoms with Gasteiger partial charge in [0, 0.05) is 68.9 Å². The third-order valence-electron chi connectivity index (χ3n) is 22.7. The lowest BCUT2D eigenvalue weighted by Crippen LogP contribution is -2.25. The monoisotopic (exact) mass is 2380 g/mol. The van der Waals surface area contributed by atoms with Crippen LogP contribution in [0, 0.1) is 38.5 Å². The summed E-state index contributed by atoms with van der Waals surface area (Å²) in [6.07, 6.45) is -3.03. The van der Waals surface area contributed by atoms with Gasteiger partial charge in [-0.3, -0.25) is 0 Å². The molecule has 136 heavy (non-hydrogen) atoms. The third kappa shape index (κ3) is 33.3. The largest absolute Gasteiger partial charge is 0.493 e. The van der Waals surface area contributed by atoms with Gasteiger partial charge in [-0.1, -0.05) is 201 Å². The van der Waals surface area contributed by atoms with Crippen LogP contribution in [0.15, 0.2) is 194 Å². The van der Waals surface area contributed by atoms with Gasteiger partial charge in [-0.25, -0.2) is 18.7 Å². The number of alkyl halides is 4. The average Bonchev–Trinajstić information content (AvgIpc) is 1.02. The Bertz CT molecular complexity index is 4840. The van der Waals surface area contributed by atoms with Gasteiger partial charge in [-0.05, 0) is 232 Å². The van der Waals surface area contributed by atoms with Crippen molar-refractivity contribution in [2.45, 2.75) is 182 Å². The Labute approximate surface area is 871 Å². The summed E-state index contributed by atoms with van der Waals surface area (Å²) in [5, 5.41) is 109. The van der Waals surface area contributed by atoms with Gasteiger partial charge in [0.2, 0.25) is 0 Å². The number of ether oxygens (including phenoxy) is 8. The van der Waals surface area contributed by atoms with E-state index in [1.807, 2.05) is 236 Å². The molecule has 0 aliphatic rings. The smallest absolute Gasteiger partial charge is 0.125 e. The highest BCUT2D eigenvalue weighted by Crippen LogP contribution is 2.39. The molecular formula is C100H124Cl4I4N12O16. The van der Waals surface area contributed by atoms with Crippen LogP contribution < -0.4 is 37.9 Å². The first-order valence-corrected chi connectivity index (χ1v) is 51.0. The summed E-state index contributed by atoms with van der Waals surface area (Å²) in [4.78, 5) is 0. The van der Waals surface area contributed by atoms with E-state index < -0.39 is 24.4 Å². The Morgan fingerprint density at radius 3 is 0.500 bits per heavy atom. The summed E-state index contributed by atoms with van der Waals surface area (Å²) in [7, 11) is 0. The minimum atomic E-state index is -0.758. The fourth-order valence-electron chi connectivity index (χ4n) is 13.5. The van der Waals surface area contributed by atoms with E-state index in [2.05, 4.69) is 173 Å². The van der Waals surface area contributed by atoms with Gasteiger partial charge in [0.25, 0.3) is 0 Å². The zero-order valence-corrected chi connectivity index (χ0v) is 90.1. The number of rotatable bonds is 48. The zero-order chi connectivity index (χ0) is 98.9. The summed E-state index contributed by atoms with van der Waals surface area (Å²) in [5.41, 5.74) is 10.5. The van der Waals surface area contributed by atoms with Crippen LogP contribution in [0.25, 0.3) is 0 Å².